The molecular formula is C6H11BrNO2. The van der Waals surface area contributed by atoms with Crippen LogP contribution in [0.5, 0.6) is 0 Å². The van der Waals surface area contributed by atoms with Crippen molar-refractivity contribution in [3.8, 4) is 0 Å². The highest BCUT2D eigenvalue weighted by Crippen LogP contribution is 2.08. The van der Waals surface area contributed by atoms with Crippen LogP contribution in [0.15, 0.2) is 0 Å². The minimum Gasteiger partial charge on any atom is -0.445 e. The van der Waals surface area contributed by atoms with Crippen molar-refractivity contribution in [1.82, 2.24) is 5.73 Å². The quantitative estimate of drug-likeness (QED) is 0.667. The Morgan fingerprint density at radius 2 is 2.20 bits per heavy atom. The summed E-state index contributed by atoms with van der Waals surface area (Å²) in [7, 11) is 0. The number of halogens is 1. The number of carbonyl (C=O) groups is 1. The average molecular weight is 209 g/mol. The Hall–Kier alpha value is -0.250. The Morgan fingerprint density at radius 1 is 1.70 bits per heavy atom. The fraction of sp³-hybridized carbons (Fsp3) is 0.833. The van der Waals surface area contributed by atoms with Crippen molar-refractivity contribution in [3.63, 3.8) is 0 Å². The van der Waals surface area contributed by atoms with Crippen LogP contribution in [-0.2, 0) is 4.74 Å². The fourth-order valence-corrected chi connectivity index (χ4v) is 1.21. The highest BCUT2D eigenvalue weighted by Gasteiger charge is 2.08. The molecule has 0 heterocycles. The third-order valence-corrected chi connectivity index (χ3v) is 1.34. The summed E-state index contributed by atoms with van der Waals surface area (Å²) in [6.07, 6.45) is -0.384. The van der Waals surface area contributed by atoms with E-state index in [4.69, 9.17) is 5.73 Å². The molecule has 0 bridgehead atoms. The van der Waals surface area contributed by atoms with Crippen LogP contribution in [0.25, 0.3) is 0 Å². The standard InChI is InChI=1S/C6H11BrNO2/c1-4(7)3-5(2)10-6(8)9/h4-5,8H,3H2,1-2H3. The van der Waals surface area contributed by atoms with E-state index in [9.17, 15) is 4.79 Å². The highest BCUT2D eigenvalue weighted by molar-refractivity contribution is 9.09. The van der Waals surface area contributed by atoms with E-state index in [1.807, 2.05) is 6.92 Å². The van der Waals surface area contributed by atoms with Gasteiger partial charge in [0.15, 0.2) is 0 Å². The number of alkyl halides is 1. The molecule has 0 aromatic rings. The van der Waals surface area contributed by atoms with Gasteiger partial charge >= 0.3 is 6.09 Å². The first kappa shape index (κ1) is 9.75. The lowest BCUT2D eigenvalue weighted by atomic mass is 10.2. The van der Waals surface area contributed by atoms with Gasteiger partial charge in [-0.3, -0.25) is 0 Å². The molecule has 0 aliphatic rings. The van der Waals surface area contributed by atoms with Crippen molar-refractivity contribution in [1.29, 1.82) is 0 Å². The molecule has 0 aliphatic heterocycles. The molecule has 1 N–H and O–H groups in total. The largest absolute Gasteiger partial charge is 0.445 e. The summed E-state index contributed by atoms with van der Waals surface area (Å²) in [5, 5.41) is 0. The van der Waals surface area contributed by atoms with Crippen LogP contribution in [0.4, 0.5) is 4.79 Å². The molecule has 10 heavy (non-hydrogen) atoms. The van der Waals surface area contributed by atoms with Crippen molar-refractivity contribution in [2.24, 2.45) is 0 Å². The van der Waals surface area contributed by atoms with E-state index in [0.29, 0.717) is 4.83 Å². The van der Waals surface area contributed by atoms with Crippen LogP contribution in [0.1, 0.15) is 20.3 Å². The topological polar surface area (TPSA) is 50.1 Å². The number of hydrogen-bond acceptors (Lipinski definition) is 2. The monoisotopic (exact) mass is 208 g/mol. The number of carbonyl (C=O) groups excluding carboxylic acids is 1. The van der Waals surface area contributed by atoms with Gasteiger partial charge in [-0.15, -0.1) is 0 Å². The molecular weight excluding hydrogens is 198 g/mol. The lowest BCUT2D eigenvalue weighted by Crippen LogP contribution is -2.16. The number of hydrogen-bond donors (Lipinski definition) is 0. The van der Waals surface area contributed by atoms with Crippen molar-refractivity contribution in [3.05, 3.63) is 0 Å². The zero-order chi connectivity index (χ0) is 8.15. The van der Waals surface area contributed by atoms with E-state index >= 15 is 0 Å². The first-order valence-corrected chi connectivity index (χ1v) is 4.00. The number of ether oxygens (including phenoxy) is 1. The Labute approximate surface area is 69.0 Å². The van der Waals surface area contributed by atoms with Crippen LogP contribution in [0, 0.1) is 0 Å². The number of rotatable bonds is 3. The van der Waals surface area contributed by atoms with E-state index in [1.165, 1.54) is 0 Å². The Kier molecular flexibility index (Phi) is 4.43. The fourth-order valence-electron chi connectivity index (χ4n) is 0.688. The third-order valence-electron chi connectivity index (χ3n) is 0.965. The van der Waals surface area contributed by atoms with Crippen molar-refractivity contribution in [2.45, 2.75) is 31.2 Å². The van der Waals surface area contributed by atoms with Crippen molar-refractivity contribution < 1.29 is 9.53 Å². The molecule has 0 saturated heterocycles. The second kappa shape index (κ2) is 4.55. The molecule has 1 amide bonds. The van der Waals surface area contributed by atoms with Gasteiger partial charge in [-0.2, -0.15) is 0 Å². The molecule has 2 unspecified atom stereocenters. The Balaban J connectivity index is 3.43. The van der Waals surface area contributed by atoms with Crippen LogP contribution < -0.4 is 5.73 Å². The summed E-state index contributed by atoms with van der Waals surface area (Å²) in [6, 6.07) is 0. The molecule has 0 aromatic heterocycles. The Morgan fingerprint density at radius 3 is 2.50 bits per heavy atom. The van der Waals surface area contributed by atoms with Gasteiger partial charge < -0.3 is 4.74 Å². The Bertz CT molecular complexity index is 116. The smallest absolute Gasteiger partial charge is 0.426 e. The van der Waals surface area contributed by atoms with Gasteiger partial charge in [-0.1, -0.05) is 22.9 Å². The van der Waals surface area contributed by atoms with Gasteiger partial charge in [0, 0.05) is 4.83 Å². The van der Waals surface area contributed by atoms with E-state index in [1.54, 1.807) is 6.92 Å². The van der Waals surface area contributed by atoms with Crippen molar-refractivity contribution >= 4 is 22.0 Å². The summed E-state index contributed by atoms with van der Waals surface area (Å²) in [5.74, 6) is 0. The molecule has 0 aromatic carbocycles. The predicted molar refractivity (Wildman–Crippen MR) is 42.0 cm³/mol. The summed E-state index contributed by atoms with van der Waals surface area (Å²) >= 11 is 3.31. The van der Waals surface area contributed by atoms with E-state index in [2.05, 4.69) is 20.7 Å². The minimum absolute atomic E-state index is 0.167. The molecule has 0 spiro atoms. The summed E-state index contributed by atoms with van der Waals surface area (Å²) < 4.78 is 4.56. The predicted octanol–water partition coefficient (Wildman–Crippen LogP) is 1.97. The lowest BCUT2D eigenvalue weighted by molar-refractivity contribution is 0.110. The van der Waals surface area contributed by atoms with Crippen LogP contribution in [-0.4, -0.2) is 17.0 Å². The second-order valence-corrected chi connectivity index (χ2v) is 3.80. The van der Waals surface area contributed by atoms with Crippen LogP contribution in [0.3, 0.4) is 0 Å². The molecule has 1 radical (unpaired) electrons. The first-order valence-electron chi connectivity index (χ1n) is 3.08. The van der Waals surface area contributed by atoms with Gasteiger partial charge in [-0.05, 0) is 13.3 Å². The normalized spacial score (nSPS) is 15.9. The van der Waals surface area contributed by atoms with E-state index in [-0.39, 0.29) is 6.10 Å². The molecule has 0 rings (SSSR count). The third kappa shape index (κ3) is 5.88. The van der Waals surface area contributed by atoms with E-state index in [0.717, 1.165) is 6.42 Å². The molecule has 2 atom stereocenters. The zero-order valence-electron chi connectivity index (χ0n) is 6.06. The summed E-state index contributed by atoms with van der Waals surface area (Å²) in [6.45, 7) is 3.73. The SMILES string of the molecule is CC(Br)CC(C)OC([NH])=O. The minimum atomic E-state index is -0.958. The van der Waals surface area contributed by atoms with Crippen LogP contribution in [0.2, 0.25) is 0 Å². The number of nitrogens with one attached hydrogen (secondary N) is 1. The van der Waals surface area contributed by atoms with Gasteiger partial charge in [0.05, 0.1) is 0 Å². The number of amides is 1. The molecule has 0 saturated carbocycles. The molecule has 4 heteroatoms. The molecule has 0 fully saturated rings. The maximum atomic E-state index is 10.1. The van der Waals surface area contributed by atoms with Gasteiger partial charge in [0.25, 0.3) is 0 Å². The van der Waals surface area contributed by atoms with E-state index < -0.39 is 6.09 Å². The first-order chi connectivity index (χ1) is 4.52. The maximum Gasteiger partial charge on any atom is 0.426 e. The highest BCUT2D eigenvalue weighted by atomic mass is 79.9. The van der Waals surface area contributed by atoms with Gasteiger partial charge in [0.1, 0.15) is 6.10 Å². The summed E-state index contributed by atoms with van der Waals surface area (Å²) in [5.41, 5.74) is 6.48. The summed E-state index contributed by atoms with van der Waals surface area (Å²) in [4.78, 5) is 10.4. The molecule has 0 aliphatic carbocycles. The average Bonchev–Trinajstić information content (AvgIpc) is 1.58. The van der Waals surface area contributed by atoms with Gasteiger partial charge in [0.2, 0.25) is 0 Å². The second-order valence-electron chi connectivity index (χ2n) is 2.23. The molecule has 3 nitrogen and oxygen atoms in total. The molecule has 59 valence electrons. The van der Waals surface area contributed by atoms with Crippen molar-refractivity contribution in [2.75, 3.05) is 0 Å². The van der Waals surface area contributed by atoms with Crippen LogP contribution >= 0.6 is 15.9 Å². The maximum absolute atomic E-state index is 10.1. The lowest BCUT2D eigenvalue weighted by Gasteiger charge is -2.11. The van der Waals surface area contributed by atoms with Gasteiger partial charge in [-0.25, -0.2) is 10.5 Å². The zero-order valence-corrected chi connectivity index (χ0v) is 7.64.